The second-order valence-electron chi connectivity index (χ2n) is 16.2. The summed E-state index contributed by atoms with van der Waals surface area (Å²) in [5.74, 6) is 1.96. The number of anilines is 1. The average molecular weight is 832 g/mol. The van der Waals surface area contributed by atoms with Gasteiger partial charge >= 0.3 is 6.09 Å². The van der Waals surface area contributed by atoms with Gasteiger partial charge in [-0.15, -0.1) is 0 Å². The van der Waals surface area contributed by atoms with Crippen molar-refractivity contribution >= 4 is 21.8 Å². The van der Waals surface area contributed by atoms with Crippen molar-refractivity contribution in [1.82, 2.24) is 4.90 Å². The maximum Gasteiger partial charge on any atom is 0.410 e. The summed E-state index contributed by atoms with van der Waals surface area (Å²) < 4.78 is 44.6. The van der Waals surface area contributed by atoms with Crippen LogP contribution in [0.15, 0.2) is 127 Å². The van der Waals surface area contributed by atoms with Crippen LogP contribution in [0, 0.1) is 5.92 Å². The predicted molar refractivity (Wildman–Crippen MR) is 241 cm³/mol. The number of ether oxygens (including phenoxy) is 3. The van der Waals surface area contributed by atoms with Gasteiger partial charge in [-0.05, 0) is 96.9 Å². The Kier molecular flexibility index (Phi) is 16.1. The first-order valence-corrected chi connectivity index (χ1v) is 23.3. The Morgan fingerprint density at radius 1 is 0.733 bits per heavy atom. The monoisotopic (exact) mass is 831 g/mol. The van der Waals surface area contributed by atoms with Gasteiger partial charge in [-0.1, -0.05) is 135 Å². The topological polar surface area (TPSA) is 120 Å². The molecule has 9 nitrogen and oxygen atoms in total. The van der Waals surface area contributed by atoms with E-state index in [0.29, 0.717) is 44.3 Å². The normalized spacial score (nSPS) is 14.7. The van der Waals surface area contributed by atoms with Gasteiger partial charge < -0.3 is 24.8 Å². The number of unbranched alkanes of at least 4 members (excludes halogenated alkanes) is 2. The lowest BCUT2D eigenvalue weighted by Gasteiger charge is -2.41. The van der Waals surface area contributed by atoms with Gasteiger partial charge in [0.25, 0.3) is 0 Å². The van der Waals surface area contributed by atoms with Gasteiger partial charge in [-0.25, -0.2) is 13.2 Å². The van der Waals surface area contributed by atoms with Crippen molar-refractivity contribution in [2.45, 2.75) is 96.5 Å². The number of sulfonamides is 1. The molecule has 0 spiro atoms. The second-order valence-corrected chi connectivity index (χ2v) is 17.9. The van der Waals surface area contributed by atoms with Crippen LogP contribution >= 0.6 is 0 Å². The molecule has 5 aromatic carbocycles. The highest BCUT2D eigenvalue weighted by Crippen LogP contribution is 2.43. The van der Waals surface area contributed by atoms with E-state index in [2.05, 4.69) is 48.0 Å². The molecule has 0 aliphatic heterocycles. The molecule has 10 heteroatoms. The lowest BCUT2D eigenvalue weighted by molar-refractivity contribution is 0.0956. The van der Waals surface area contributed by atoms with Crippen LogP contribution < -0.4 is 19.9 Å². The Morgan fingerprint density at radius 3 is 1.97 bits per heavy atom. The second kappa shape index (κ2) is 21.8. The molecule has 1 amide bonds. The van der Waals surface area contributed by atoms with Gasteiger partial charge in [-0.2, -0.15) is 0 Å². The van der Waals surface area contributed by atoms with Crippen LogP contribution in [0.1, 0.15) is 85.3 Å². The van der Waals surface area contributed by atoms with Gasteiger partial charge in [0.15, 0.2) is 11.5 Å². The molecule has 1 aliphatic carbocycles. The number of carbonyl (C=O) groups is 1. The quantitative estimate of drug-likeness (QED) is 0.0667. The maximum atomic E-state index is 13.4. The summed E-state index contributed by atoms with van der Waals surface area (Å²) in [5.41, 5.74) is 14.3. The molecule has 0 saturated carbocycles. The fourth-order valence-electron chi connectivity index (χ4n) is 8.28. The Labute approximate surface area is 357 Å². The van der Waals surface area contributed by atoms with Gasteiger partial charge in [0.1, 0.15) is 19.8 Å². The average Bonchev–Trinajstić information content (AvgIpc) is 3.26. The number of nitrogens with two attached hydrogens (primary N) is 1. The number of carbonyl (C=O) groups excluding carboxylic acids is 1. The van der Waals surface area contributed by atoms with E-state index in [9.17, 15) is 13.2 Å². The maximum absolute atomic E-state index is 13.4. The number of benzene rings is 5. The summed E-state index contributed by atoms with van der Waals surface area (Å²) in [6.45, 7) is 4.44. The summed E-state index contributed by atoms with van der Waals surface area (Å²) >= 11 is 0. The molecule has 0 aromatic heterocycles. The Bertz CT molecular complexity index is 2190. The van der Waals surface area contributed by atoms with Crippen molar-refractivity contribution in [1.29, 1.82) is 0 Å². The van der Waals surface area contributed by atoms with Gasteiger partial charge in [0, 0.05) is 29.9 Å². The highest BCUT2D eigenvalue weighted by molar-refractivity contribution is 7.92. The molecule has 0 bridgehead atoms. The van der Waals surface area contributed by atoms with E-state index in [1.165, 1.54) is 11.1 Å². The Hall–Kier alpha value is -5.32. The molecule has 60 heavy (non-hydrogen) atoms. The number of hydrogen-bond donors (Lipinski definition) is 2. The van der Waals surface area contributed by atoms with Crippen molar-refractivity contribution < 1.29 is 27.4 Å². The molecular formula is C50H61N3O6S. The summed E-state index contributed by atoms with van der Waals surface area (Å²) in [7, 11) is -3.36. The SMILES string of the molecule is CCC[C@](N)(CCCCCN(CCc1ccc(NS(C)(=O)=O)cc1)C(=O)OCc1ccccc1)C1CCc2c(ccc(OCc3ccccc3)c2OCc2ccccc2)C1. The molecule has 0 heterocycles. The summed E-state index contributed by atoms with van der Waals surface area (Å²) in [6, 6.07) is 41.7. The lowest BCUT2D eigenvalue weighted by Crippen LogP contribution is -2.49. The zero-order valence-corrected chi connectivity index (χ0v) is 36.0. The van der Waals surface area contributed by atoms with Gasteiger partial charge in [0.05, 0.1) is 6.26 Å². The van der Waals surface area contributed by atoms with Crippen LogP contribution in [0.5, 0.6) is 11.5 Å². The summed E-state index contributed by atoms with van der Waals surface area (Å²) in [6.07, 6.45) is 9.82. The van der Waals surface area contributed by atoms with Gasteiger partial charge in [-0.3, -0.25) is 4.72 Å². The predicted octanol–water partition coefficient (Wildman–Crippen LogP) is 10.3. The Balaban J connectivity index is 1.07. The minimum atomic E-state index is -3.36. The van der Waals surface area contributed by atoms with Crippen LogP contribution in [-0.4, -0.2) is 44.3 Å². The van der Waals surface area contributed by atoms with E-state index in [-0.39, 0.29) is 18.2 Å². The number of amides is 1. The molecule has 0 saturated heterocycles. The molecule has 1 aliphatic rings. The minimum absolute atomic E-state index is 0.210. The van der Waals surface area contributed by atoms with Crippen LogP contribution in [0.3, 0.4) is 0 Å². The first-order valence-electron chi connectivity index (χ1n) is 21.4. The standard InChI is InChI=1S/C50H61N3O6S/c1-3-31-50(51,44-25-28-46-43(35-44)24-29-47(57-36-40-16-8-4-9-17-40)48(46)58-37-41-18-10-5-11-19-41)32-14-7-15-33-53(49(54)59-38-42-20-12-6-13-21-42)34-30-39-22-26-45(27-23-39)52-60(2,55)56/h4-6,8-13,16-24,26-27,29,44,52H,3,7,14-15,25,28,30-38,51H2,1-2H3/t44?,50-/m0/s1. The van der Waals surface area contributed by atoms with E-state index in [4.69, 9.17) is 19.9 Å². The van der Waals surface area contributed by atoms with Crippen molar-refractivity contribution in [3.63, 3.8) is 0 Å². The largest absolute Gasteiger partial charge is 0.485 e. The third-order valence-corrected chi connectivity index (χ3v) is 12.1. The summed E-state index contributed by atoms with van der Waals surface area (Å²) in [4.78, 5) is 15.2. The van der Waals surface area contributed by atoms with E-state index in [1.807, 2.05) is 78.9 Å². The van der Waals surface area contributed by atoms with Crippen molar-refractivity contribution in [3.05, 3.63) is 161 Å². The number of nitrogens with one attached hydrogen (secondary N) is 1. The Morgan fingerprint density at radius 2 is 1.35 bits per heavy atom. The van der Waals surface area contributed by atoms with Crippen LogP contribution in [0.4, 0.5) is 10.5 Å². The highest BCUT2D eigenvalue weighted by atomic mass is 32.2. The molecule has 318 valence electrons. The number of nitrogens with zero attached hydrogens (tertiary/aromatic N) is 1. The zero-order valence-electron chi connectivity index (χ0n) is 35.2. The minimum Gasteiger partial charge on any atom is -0.485 e. The van der Waals surface area contributed by atoms with Crippen LogP contribution in [0.25, 0.3) is 0 Å². The van der Waals surface area contributed by atoms with Crippen LogP contribution in [-0.2, 0) is 53.8 Å². The molecule has 3 N–H and O–H groups in total. The van der Waals surface area contributed by atoms with E-state index in [1.54, 1.807) is 17.0 Å². The van der Waals surface area contributed by atoms with Crippen LogP contribution in [0.2, 0.25) is 0 Å². The van der Waals surface area contributed by atoms with E-state index in [0.717, 1.165) is 97.8 Å². The molecule has 6 rings (SSSR count). The zero-order chi connectivity index (χ0) is 42.2. The third-order valence-electron chi connectivity index (χ3n) is 11.5. The highest BCUT2D eigenvalue weighted by Gasteiger charge is 2.37. The summed E-state index contributed by atoms with van der Waals surface area (Å²) in [5, 5.41) is 0. The third kappa shape index (κ3) is 13.3. The smallest absolute Gasteiger partial charge is 0.410 e. The molecule has 0 radical (unpaired) electrons. The molecule has 2 atom stereocenters. The first-order chi connectivity index (χ1) is 29.1. The molecule has 5 aromatic rings. The molecule has 0 fully saturated rings. The van der Waals surface area contributed by atoms with Crippen molar-refractivity contribution in [3.8, 4) is 11.5 Å². The fraction of sp³-hybridized carbons (Fsp3) is 0.380. The molecular weight excluding hydrogens is 771 g/mol. The van der Waals surface area contributed by atoms with Crippen molar-refractivity contribution in [2.24, 2.45) is 11.7 Å². The number of hydrogen-bond acceptors (Lipinski definition) is 7. The fourth-order valence-corrected chi connectivity index (χ4v) is 8.85. The molecule has 1 unspecified atom stereocenters. The number of fused-ring (bicyclic) bond motifs is 1. The van der Waals surface area contributed by atoms with Gasteiger partial charge in [0.2, 0.25) is 10.0 Å². The number of rotatable bonds is 22. The first kappa shape index (κ1) is 44.2. The lowest BCUT2D eigenvalue weighted by atomic mass is 9.69. The van der Waals surface area contributed by atoms with E-state index < -0.39 is 10.0 Å². The van der Waals surface area contributed by atoms with Crippen molar-refractivity contribution in [2.75, 3.05) is 24.1 Å². The van der Waals surface area contributed by atoms with E-state index >= 15 is 0 Å².